The van der Waals surface area contributed by atoms with Gasteiger partial charge in [0.25, 0.3) is 0 Å². The quantitative estimate of drug-likeness (QED) is 0.735. The molecule has 0 fully saturated rings. The van der Waals surface area contributed by atoms with Gasteiger partial charge in [0.15, 0.2) is 0 Å². The number of carboxylic acids is 1. The SMILES string of the molecule is CC(CC(=O)O)NC(C)c1nncn1C. The number of aryl methyl sites for hydroxylation is 1. The van der Waals surface area contributed by atoms with Crippen LogP contribution in [0.15, 0.2) is 6.33 Å². The van der Waals surface area contributed by atoms with Gasteiger partial charge in [-0.15, -0.1) is 10.2 Å². The summed E-state index contributed by atoms with van der Waals surface area (Å²) in [5, 5.41) is 19.5. The second kappa shape index (κ2) is 4.88. The Morgan fingerprint density at radius 2 is 2.33 bits per heavy atom. The molecular weight excluding hydrogens is 196 g/mol. The number of nitrogens with one attached hydrogen (secondary N) is 1. The Kier molecular flexibility index (Phi) is 3.79. The lowest BCUT2D eigenvalue weighted by atomic mass is 10.2. The fourth-order valence-corrected chi connectivity index (χ4v) is 1.51. The van der Waals surface area contributed by atoms with Crippen molar-refractivity contribution in [2.75, 3.05) is 0 Å². The standard InChI is InChI=1S/C9H16N4O2/c1-6(4-8(14)15)11-7(2)9-12-10-5-13(9)3/h5-7,11H,4H2,1-3H3,(H,14,15). The Morgan fingerprint density at radius 1 is 1.67 bits per heavy atom. The third kappa shape index (κ3) is 3.32. The molecule has 2 atom stereocenters. The first-order valence-corrected chi connectivity index (χ1v) is 4.82. The second-order valence-electron chi connectivity index (χ2n) is 3.69. The number of carbonyl (C=O) groups is 1. The molecule has 0 bridgehead atoms. The first-order chi connectivity index (χ1) is 7.00. The van der Waals surface area contributed by atoms with Gasteiger partial charge >= 0.3 is 5.97 Å². The molecule has 0 amide bonds. The Balaban J connectivity index is 2.52. The van der Waals surface area contributed by atoms with Crippen LogP contribution < -0.4 is 5.32 Å². The van der Waals surface area contributed by atoms with Gasteiger partial charge in [-0.3, -0.25) is 4.79 Å². The van der Waals surface area contributed by atoms with Crippen molar-refractivity contribution in [2.45, 2.75) is 32.4 Å². The highest BCUT2D eigenvalue weighted by Gasteiger charge is 2.15. The summed E-state index contributed by atoms with van der Waals surface area (Å²) in [7, 11) is 1.86. The second-order valence-corrected chi connectivity index (χ2v) is 3.69. The Hall–Kier alpha value is -1.43. The minimum Gasteiger partial charge on any atom is -0.481 e. The third-order valence-electron chi connectivity index (χ3n) is 2.15. The number of nitrogens with zero attached hydrogens (tertiary/aromatic N) is 3. The molecule has 1 rings (SSSR count). The number of hydrogen-bond donors (Lipinski definition) is 2. The van der Waals surface area contributed by atoms with Crippen LogP contribution in [0.25, 0.3) is 0 Å². The minimum atomic E-state index is -0.805. The average Bonchev–Trinajstić information content (AvgIpc) is 2.49. The van der Waals surface area contributed by atoms with Crippen molar-refractivity contribution >= 4 is 5.97 Å². The van der Waals surface area contributed by atoms with E-state index in [1.807, 2.05) is 25.5 Å². The van der Waals surface area contributed by atoms with E-state index in [1.165, 1.54) is 0 Å². The van der Waals surface area contributed by atoms with Gasteiger partial charge in [0.2, 0.25) is 0 Å². The Morgan fingerprint density at radius 3 is 2.80 bits per heavy atom. The lowest BCUT2D eigenvalue weighted by Crippen LogP contribution is -2.32. The van der Waals surface area contributed by atoms with Crippen LogP contribution >= 0.6 is 0 Å². The average molecular weight is 212 g/mol. The first-order valence-electron chi connectivity index (χ1n) is 4.82. The predicted octanol–water partition coefficient (Wildman–Crippen LogP) is 0.329. The molecule has 0 radical (unpaired) electrons. The number of carboxylic acid groups (broad SMARTS) is 1. The van der Waals surface area contributed by atoms with Crippen LogP contribution in [-0.2, 0) is 11.8 Å². The monoisotopic (exact) mass is 212 g/mol. The van der Waals surface area contributed by atoms with Crippen molar-refractivity contribution in [2.24, 2.45) is 7.05 Å². The highest BCUT2D eigenvalue weighted by atomic mass is 16.4. The Labute approximate surface area is 88.3 Å². The van der Waals surface area contributed by atoms with Crippen LogP contribution in [0, 0.1) is 0 Å². The van der Waals surface area contributed by atoms with Gasteiger partial charge in [0.1, 0.15) is 12.2 Å². The van der Waals surface area contributed by atoms with E-state index < -0.39 is 5.97 Å². The van der Waals surface area contributed by atoms with Gasteiger partial charge in [-0.05, 0) is 13.8 Å². The van der Waals surface area contributed by atoms with Gasteiger partial charge in [0.05, 0.1) is 12.5 Å². The highest BCUT2D eigenvalue weighted by Crippen LogP contribution is 2.08. The summed E-state index contributed by atoms with van der Waals surface area (Å²) in [4.78, 5) is 10.5. The molecule has 0 aromatic carbocycles. The van der Waals surface area contributed by atoms with E-state index in [2.05, 4.69) is 15.5 Å². The van der Waals surface area contributed by atoms with E-state index in [-0.39, 0.29) is 18.5 Å². The topological polar surface area (TPSA) is 80.0 Å². The fraction of sp³-hybridized carbons (Fsp3) is 0.667. The zero-order chi connectivity index (χ0) is 11.4. The summed E-state index contributed by atoms with van der Waals surface area (Å²) in [5.74, 6) is -0.00703. The van der Waals surface area contributed by atoms with Crippen molar-refractivity contribution in [1.29, 1.82) is 0 Å². The van der Waals surface area contributed by atoms with Gasteiger partial charge in [-0.25, -0.2) is 0 Å². The molecule has 6 nitrogen and oxygen atoms in total. The molecule has 2 N–H and O–H groups in total. The number of aliphatic carboxylic acids is 1. The zero-order valence-corrected chi connectivity index (χ0v) is 9.14. The molecule has 0 saturated heterocycles. The van der Waals surface area contributed by atoms with E-state index >= 15 is 0 Å². The number of rotatable bonds is 5. The molecule has 1 aromatic heterocycles. The number of aromatic nitrogens is 3. The maximum atomic E-state index is 10.5. The highest BCUT2D eigenvalue weighted by molar-refractivity contribution is 5.67. The summed E-state index contributed by atoms with van der Waals surface area (Å²) in [6.07, 6.45) is 1.72. The smallest absolute Gasteiger partial charge is 0.304 e. The lowest BCUT2D eigenvalue weighted by molar-refractivity contribution is -0.137. The van der Waals surface area contributed by atoms with Crippen molar-refractivity contribution < 1.29 is 9.90 Å². The molecule has 0 saturated carbocycles. The van der Waals surface area contributed by atoms with Gasteiger partial charge in [-0.2, -0.15) is 0 Å². The molecule has 6 heteroatoms. The molecule has 1 aromatic rings. The van der Waals surface area contributed by atoms with Crippen molar-refractivity contribution in [3.05, 3.63) is 12.2 Å². The molecule has 0 aliphatic carbocycles. The van der Waals surface area contributed by atoms with E-state index in [0.717, 1.165) is 5.82 Å². The largest absolute Gasteiger partial charge is 0.481 e. The zero-order valence-electron chi connectivity index (χ0n) is 9.14. The van der Waals surface area contributed by atoms with E-state index in [9.17, 15) is 4.79 Å². The predicted molar refractivity (Wildman–Crippen MR) is 54.3 cm³/mol. The van der Waals surface area contributed by atoms with Crippen molar-refractivity contribution in [3.8, 4) is 0 Å². The normalized spacial score (nSPS) is 14.9. The minimum absolute atomic E-state index is 0.00755. The van der Waals surface area contributed by atoms with Crippen LogP contribution in [0.2, 0.25) is 0 Å². The molecule has 0 spiro atoms. The molecule has 15 heavy (non-hydrogen) atoms. The third-order valence-corrected chi connectivity index (χ3v) is 2.15. The van der Waals surface area contributed by atoms with Gasteiger partial charge in [-0.1, -0.05) is 0 Å². The molecule has 84 valence electrons. The molecule has 1 heterocycles. The molecular formula is C9H16N4O2. The van der Waals surface area contributed by atoms with Gasteiger partial charge in [0, 0.05) is 13.1 Å². The first kappa shape index (κ1) is 11.6. The molecule has 0 aliphatic rings. The van der Waals surface area contributed by atoms with Crippen LogP contribution in [0.4, 0.5) is 0 Å². The maximum absolute atomic E-state index is 10.5. The summed E-state index contributed by atoms with van der Waals surface area (Å²) in [5.41, 5.74) is 0. The summed E-state index contributed by atoms with van der Waals surface area (Å²) in [6.45, 7) is 3.77. The molecule has 0 aliphatic heterocycles. The number of hydrogen-bond acceptors (Lipinski definition) is 4. The van der Waals surface area contributed by atoms with Crippen LogP contribution in [0.3, 0.4) is 0 Å². The summed E-state index contributed by atoms with van der Waals surface area (Å²) >= 11 is 0. The van der Waals surface area contributed by atoms with Crippen molar-refractivity contribution in [1.82, 2.24) is 20.1 Å². The van der Waals surface area contributed by atoms with Crippen LogP contribution in [-0.4, -0.2) is 31.9 Å². The lowest BCUT2D eigenvalue weighted by Gasteiger charge is -2.17. The summed E-state index contributed by atoms with van der Waals surface area (Å²) in [6, 6.07) is -0.0963. The van der Waals surface area contributed by atoms with Gasteiger partial charge < -0.3 is 15.0 Å². The fourth-order valence-electron chi connectivity index (χ4n) is 1.51. The maximum Gasteiger partial charge on any atom is 0.304 e. The van der Waals surface area contributed by atoms with Crippen molar-refractivity contribution in [3.63, 3.8) is 0 Å². The van der Waals surface area contributed by atoms with Crippen LogP contribution in [0.5, 0.6) is 0 Å². The molecule has 2 unspecified atom stereocenters. The van der Waals surface area contributed by atoms with E-state index in [1.54, 1.807) is 6.33 Å². The van der Waals surface area contributed by atoms with Crippen LogP contribution in [0.1, 0.15) is 32.1 Å². The Bertz CT molecular complexity index is 337. The summed E-state index contributed by atoms with van der Waals surface area (Å²) < 4.78 is 1.81. The van der Waals surface area contributed by atoms with E-state index in [4.69, 9.17) is 5.11 Å². The van der Waals surface area contributed by atoms with E-state index in [0.29, 0.717) is 0 Å².